The number of aromatic nitrogens is 12. The average Bonchev–Trinajstić information content (AvgIpc) is 3.94. The molecule has 0 aliphatic carbocycles. The molecule has 20 nitrogen and oxygen atoms in total. The summed E-state index contributed by atoms with van der Waals surface area (Å²) in [6, 6.07) is 15.2. The number of nitrogens with two attached hydrogens (primary N) is 1. The number of fused-ring (bicyclic) bond motifs is 4. The van der Waals surface area contributed by atoms with Gasteiger partial charge in [-0.25, -0.2) is 29.5 Å². The second-order valence-corrected chi connectivity index (χ2v) is 18.4. The number of allylic oxidation sites excluding steroid dienone is 2. The molecule has 10 rings (SSSR count). The first kappa shape index (κ1) is 45.8. The maximum atomic E-state index is 14.6. The number of para-hydroxylation sites is 2. The monoisotopic (exact) mass is 944 g/mol. The van der Waals surface area contributed by atoms with Gasteiger partial charge >= 0.3 is 11.4 Å². The predicted octanol–water partition coefficient (Wildman–Crippen LogP) is 2.82. The van der Waals surface area contributed by atoms with Crippen molar-refractivity contribution in [2.24, 2.45) is 19.8 Å². The van der Waals surface area contributed by atoms with E-state index in [2.05, 4.69) is 41.9 Å². The lowest BCUT2D eigenvalue weighted by atomic mass is 10.1. The van der Waals surface area contributed by atoms with Gasteiger partial charge in [0.1, 0.15) is 11.6 Å². The molecule has 0 spiro atoms. The molecular formula is C50H56N16O4. The van der Waals surface area contributed by atoms with Gasteiger partial charge in [-0.1, -0.05) is 42.3 Å². The first-order chi connectivity index (χ1) is 33.8. The first-order valence-corrected chi connectivity index (χ1v) is 23.7. The highest BCUT2D eigenvalue weighted by molar-refractivity contribution is 5.81. The lowest BCUT2D eigenvalue weighted by Gasteiger charge is -2.34. The maximum absolute atomic E-state index is 14.6. The number of nitrogens with zero attached hydrogens (tertiary/aromatic N) is 14. The quantitative estimate of drug-likeness (QED) is 0.178. The SMILES string of the molecule is CC#CCn1c(N2CCC[C@@H](N/C(C)=C\Cn3c(N4CCC[C@@H](N)C4)nc4c3c(=O)n(Cc3nc(C)c5ccccc5n3)c(=O)n4C)C2)nc2c1c(=O)n(Cc1nc(C)c3ccccc3n1)c(=O)n2C. The Morgan fingerprint density at radius 3 is 1.77 bits per heavy atom. The molecule has 3 N–H and O–H groups in total. The highest BCUT2D eigenvalue weighted by Gasteiger charge is 2.29. The molecule has 2 fully saturated rings. The van der Waals surface area contributed by atoms with Crippen LogP contribution < -0.4 is 43.3 Å². The van der Waals surface area contributed by atoms with E-state index in [9.17, 15) is 19.2 Å². The van der Waals surface area contributed by atoms with E-state index in [-0.39, 0.29) is 55.1 Å². The second-order valence-electron chi connectivity index (χ2n) is 18.4. The van der Waals surface area contributed by atoms with Crippen LogP contribution in [-0.4, -0.2) is 95.6 Å². The van der Waals surface area contributed by atoms with Crippen LogP contribution in [-0.2, 0) is 40.3 Å². The summed E-state index contributed by atoms with van der Waals surface area (Å²) in [4.78, 5) is 89.8. The lowest BCUT2D eigenvalue weighted by Crippen LogP contribution is -2.46. The third-order valence-corrected chi connectivity index (χ3v) is 13.6. The Hall–Kier alpha value is -7.92. The number of imidazole rings is 2. The Morgan fingerprint density at radius 2 is 1.21 bits per heavy atom. The molecule has 8 aromatic rings. The number of hydrogen-bond acceptors (Lipinski definition) is 14. The van der Waals surface area contributed by atoms with E-state index in [4.69, 9.17) is 20.7 Å². The molecule has 0 amide bonds. The van der Waals surface area contributed by atoms with Crippen LogP contribution >= 0.6 is 0 Å². The minimum atomic E-state index is -0.518. The molecule has 0 radical (unpaired) electrons. The van der Waals surface area contributed by atoms with E-state index >= 15 is 0 Å². The fraction of sp³-hybridized carbons (Fsp3) is 0.400. The summed E-state index contributed by atoms with van der Waals surface area (Å²) in [7, 11) is 3.26. The van der Waals surface area contributed by atoms with E-state index < -0.39 is 22.5 Å². The lowest BCUT2D eigenvalue weighted by molar-refractivity contribution is 0.444. The van der Waals surface area contributed by atoms with Gasteiger partial charge in [-0.2, -0.15) is 9.97 Å². The smallest absolute Gasteiger partial charge is 0.332 e. The molecule has 2 aromatic carbocycles. The van der Waals surface area contributed by atoms with Gasteiger partial charge in [0.15, 0.2) is 22.3 Å². The molecule has 2 saturated heterocycles. The molecular weight excluding hydrogens is 889 g/mol. The van der Waals surface area contributed by atoms with Crippen molar-refractivity contribution in [2.45, 2.75) is 91.6 Å². The van der Waals surface area contributed by atoms with E-state index in [0.29, 0.717) is 55.2 Å². The van der Waals surface area contributed by atoms with Gasteiger partial charge in [-0.3, -0.25) is 32.4 Å². The number of aryl methyl sites for hydroxylation is 4. The third-order valence-electron chi connectivity index (χ3n) is 13.6. The maximum Gasteiger partial charge on any atom is 0.332 e. The van der Waals surface area contributed by atoms with Crippen LogP contribution in [0.5, 0.6) is 0 Å². The largest absolute Gasteiger partial charge is 0.384 e. The first-order valence-electron chi connectivity index (χ1n) is 23.7. The normalized spacial score (nSPS) is 16.7. The van der Waals surface area contributed by atoms with Gasteiger partial charge in [0.05, 0.1) is 30.7 Å². The second kappa shape index (κ2) is 18.5. The van der Waals surface area contributed by atoms with Crippen LogP contribution in [0.3, 0.4) is 0 Å². The van der Waals surface area contributed by atoms with Crippen molar-refractivity contribution < 1.29 is 0 Å². The topological polar surface area (TPSA) is 220 Å². The Balaban J connectivity index is 0.955. The Labute approximate surface area is 401 Å². The summed E-state index contributed by atoms with van der Waals surface area (Å²) in [5.41, 5.74) is 9.47. The molecule has 6 aromatic heterocycles. The molecule has 2 atom stereocenters. The minimum Gasteiger partial charge on any atom is -0.384 e. The van der Waals surface area contributed by atoms with Crippen molar-refractivity contribution in [1.29, 1.82) is 0 Å². The summed E-state index contributed by atoms with van der Waals surface area (Å²) in [5, 5.41) is 5.52. The molecule has 360 valence electrons. The fourth-order valence-electron chi connectivity index (χ4n) is 10.1. The van der Waals surface area contributed by atoms with Crippen LogP contribution in [0.1, 0.15) is 62.6 Å². The molecule has 20 heteroatoms. The van der Waals surface area contributed by atoms with Crippen molar-refractivity contribution in [1.82, 2.24) is 62.6 Å². The molecule has 0 unspecified atom stereocenters. The molecule has 70 heavy (non-hydrogen) atoms. The average molecular weight is 945 g/mol. The summed E-state index contributed by atoms with van der Waals surface area (Å²) >= 11 is 0. The highest BCUT2D eigenvalue weighted by atomic mass is 16.2. The zero-order valence-electron chi connectivity index (χ0n) is 40.3. The van der Waals surface area contributed by atoms with Crippen LogP contribution in [0.4, 0.5) is 11.9 Å². The van der Waals surface area contributed by atoms with Crippen LogP contribution in [0, 0.1) is 25.7 Å². The Bertz CT molecular complexity index is 3730. The molecule has 0 bridgehead atoms. The number of nitrogens with one attached hydrogen (secondary N) is 1. The van der Waals surface area contributed by atoms with Crippen molar-refractivity contribution in [3.8, 4) is 11.8 Å². The van der Waals surface area contributed by atoms with Gasteiger partial charge in [0.2, 0.25) is 11.9 Å². The van der Waals surface area contributed by atoms with Crippen molar-refractivity contribution in [3.63, 3.8) is 0 Å². The molecule has 0 saturated carbocycles. The zero-order valence-corrected chi connectivity index (χ0v) is 40.3. The predicted molar refractivity (Wildman–Crippen MR) is 270 cm³/mol. The summed E-state index contributed by atoms with van der Waals surface area (Å²) in [6.07, 6.45) is 5.47. The highest BCUT2D eigenvalue weighted by Crippen LogP contribution is 2.26. The summed E-state index contributed by atoms with van der Waals surface area (Å²) in [6.45, 7) is 10.3. The van der Waals surface area contributed by atoms with Gasteiger partial charge in [-0.05, 0) is 71.6 Å². The number of anilines is 2. The van der Waals surface area contributed by atoms with Gasteiger partial charge in [0, 0.05) is 86.8 Å². The number of rotatable bonds is 11. The van der Waals surface area contributed by atoms with Crippen molar-refractivity contribution in [3.05, 3.63) is 125 Å². The molecule has 2 aliphatic rings. The summed E-state index contributed by atoms with van der Waals surface area (Å²) < 4.78 is 8.89. The van der Waals surface area contributed by atoms with Crippen LogP contribution in [0.25, 0.3) is 44.1 Å². The number of hydrogen-bond donors (Lipinski definition) is 2. The van der Waals surface area contributed by atoms with Gasteiger partial charge < -0.3 is 25.4 Å². The van der Waals surface area contributed by atoms with Gasteiger partial charge in [0.25, 0.3) is 11.1 Å². The van der Waals surface area contributed by atoms with E-state index in [0.717, 1.165) is 64.6 Å². The fourth-order valence-corrected chi connectivity index (χ4v) is 10.1. The number of piperidine rings is 2. The Kier molecular flexibility index (Phi) is 12.1. The molecule has 2 aliphatic heterocycles. The van der Waals surface area contributed by atoms with Crippen LogP contribution in [0.15, 0.2) is 79.5 Å². The van der Waals surface area contributed by atoms with Crippen LogP contribution in [0.2, 0.25) is 0 Å². The minimum absolute atomic E-state index is 0.0214. The standard InChI is InChI=1S/C50H56N16O4/c1-7-8-24-63-41-43(59(5)49(69)65(45(41)67)28-39-53-31(3)35-17-9-11-19-37(35)55-39)58-48(63)62-23-14-16-34(27-62)52-30(2)21-25-64-42-44(57-47(64)61-22-13-15-33(51)26-61)60(6)50(70)66(46(42)68)29-40-54-32(4)36-18-10-12-20-38(36)56-40/h9-12,17-21,33-34,52H,13-16,22-29,51H2,1-6H3/b30-21-/t33-,34-/m1/s1. The third kappa shape index (κ3) is 8.29. The Morgan fingerprint density at radius 1 is 0.700 bits per heavy atom. The van der Waals surface area contributed by atoms with E-state index in [1.54, 1.807) is 21.0 Å². The number of benzene rings is 2. The molecule has 8 heterocycles. The van der Waals surface area contributed by atoms with Gasteiger partial charge in [-0.15, -0.1) is 5.92 Å². The van der Waals surface area contributed by atoms with E-state index in [1.807, 2.05) is 84.5 Å². The summed E-state index contributed by atoms with van der Waals surface area (Å²) in [5.74, 6) is 7.93. The zero-order chi connectivity index (χ0) is 49.0. The van der Waals surface area contributed by atoms with E-state index in [1.165, 1.54) is 18.3 Å². The van der Waals surface area contributed by atoms with Crippen molar-refractivity contribution >= 4 is 56.0 Å². The van der Waals surface area contributed by atoms with Crippen molar-refractivity contribution in [2.75, 3.05) is 36.0 Å².